The van der Waals surface area contributed by atoms with Gasteiger partial charge in [-0.3, -0.25) is 9.48 Å². The maximum absolute atomic E-state index is 14.0. The van der Waals surface area contributed by atoms with E-state index in [-0.39, 0.29) is 17.8 Å². The molecule has 1 atom stereocenters. The molecule has 1 aliphatic heterocycles. The summed E-state index contributed by atoms with van der Waals surface area (Å²) in [5.41, 5.74) is 8.23. The molecule has 1 aromatic carbocycles. The van der Waals surface area contributed by atoms with Crippen molar-refractivity contribution in [2.45, 2.75) is 26.3 Å². The second-order valence-electron chi connectivity index (χ2n) is 11.4. The van der Waals surface area contributed by atoms with Gasteiger partial charge in [0.2, 0.25) is 17.7 Å². The zero-order chi connectivity index (χ0) is 31.3. The molecule has 5 aromatic rings. The number of benzene rings is 1. The normalized spacial score (nSPS) is 14.6. The van der Waals surface area contributed by atoms with Crippen LogP contribution in [0.15, 0.2) is 53.3 Å². The third-order valence-corrected chi connectivity index (χ3v) is 7.76. The SMILES string of the molecule is COCCOCCOc1ccc(N2CCN(C(=O)C(CC(C)C)n3cc4c(nc(N)n5nc(-c6ccco6)nc45)n3)CC2)cc1. The second-order valence-corrected chi connectivity index (χ2v) is 11.4. The summed E-state index contributed by atoms with van der Waals surface area (Å²) in [5.74, 6) is 2.17. The van der Waals surface area contributed by atoms with Crippen LogP contribution in [0.2, 0.25) is 0 Å². The highest BCUT2D eigenvalue weighted by atomic mass is 16.5. The van der Waals surface area contributed by atoms with Gasteiger partial charge in [0.1, 0.15) is 18.4 Å². The van der Waals surface area contributed by atoms with Crippen molar-refractivity contribution in [3.8, 4) is 17.3 Å². The van der Waals surface area contributed by atoms with Gasteiger partial charge in [-0.2, -0.15) is 14.6 Å². The monoisotopic (exact) mass is 617 g/mol. The van der Waals surface area contributed by atoms with Gasteiger partial charge in [0.25, 0.3) is 0 Å². The first-order chi connectivity index (χ1) is 21.9. The van der Waals surface area contributed by atoms with Gasteiger partial charge in [-0.1, -0.05) is 13.8 Å². The molecule has 6 rings (SSSR count). The van der Waals surface area contributed by atoms with Crippen molar-refractivity contribution >= 4 is 34.2 Å². The predicted octanol–water partition coefficient (Wildman–Crippen LogP) is 3.29. The molecule has 1 aliphatic rings. The number of amides is 1. The van der Waals surface area contributed by atoms with E-state index in [4.69, 9.17) is 29.5 Å². The fourth-order valence-electron chi connectivity index (χ4n) is 5.47. The quantitative estimate of drug-likeness (QED) is 0.194. The Morgan fingerprint density at radius 3 is 2.49 bits per heavy atom. The summed E-state index contributed by atoms with van der Waals surface area (Å²) in [6.45, 7) is 8.98. The van der Waals surface area contributed by atoms with Crippen molar-refractivity contribution in [2.75, 3.05) is 70.3 Å². The third-order valence-electron chi connectivity index (χ3n) is 7.76. The number of anilines is 2. The number of rotatable bonds is 13. The molecule has 0 spiro atoms. The zero-order valence-corrected chi connectivity index (χ0v) is 25.8. The summed E-state index contributed by atoms with van der Waals surface area (Å²) in [4.78, 5) is 27.3. The highest BCUT2D eigenvalue weighted by Gasteiger charge is 2.31. The zero-order valence-electron chi connectivity index (χ0n) is 25.8. The van der Waals surface area contributed by atoms with Gasteiger partial charge in [-0.05, 0) is 48.7 Å². The molecule has 0 aliphatic carbocycles. The summed E-state index contributed by atoms with van der Waals surface area (Å²) in [7, 11) is 1.65. The van der Waals surface area contributed by atoms with Crippen molar-refractivity contribution in [3.63, 3.8) is 0 Å². The average molecular weight is 618 g/mol. The summed E-state index contributed by atoms with van der Waals surface area (Å²) in [6.07, 6.45) is 4.02. The number of fused-ring (bicyclic) bond motifs is 3. The Hall–Kier alpha value is -4.69. The van der Waals surface area contributed by atoms with Crippen LogP contribution in [0, 0.1) is 5.92 Å². The molecule has 5 heterocycles. The number of nitrogen functional groups attached to an aromatic ring is 1. The minimum absolute atomic E-state index is 0.0364. The van der Waals surface area contributed by atoms with Gasteiger partial charge >= 0.3 is 0 Å². The molecule has 1 saturated heterocycles. The Labute approximate surface area is 260 Å². The van der Waals surface area contributed by atoms with Crippen molar-refractivity contribution in [1.82, 2.24) is 34.3 Å². The van der Waals surface area contributed by atoms with Gasteiger partial charge in [0.05, 0.1) is 31.5 Å². The van der Waals surface area contributed by atoms with Crippen LogP contribution in [-0.4, -0.2) is 99.9 Å². The molecule has 238 valence electrons. The van der Waals surface area contributed by atoms with Gasteiger partial charge in [-0.25, -0.2) is 4.98 Å². The number of carbonyl (C=O) groups excluding carboxylic acids is 1. The minimum atomic E-state index is -0.491. The molecule has 1 fully saturated rings. The highest BCUT2D eigenvalue weighted by Crippen LogP contribution is 2.28. The van der Waals surface area contributed by atoms with E-state index >= 15 is 0 Å². The molecular weight excluding hydrogens is 578 g/mol. The number of furan rings is 1. The molecule has 0 saturated carbocycles. The average Bonchev–Trinajstić information content (AvgIpc) is 3.82. The van der Waals surface area contributed by atoms with Gasteiger partial charge in [0, 0.05) is 45.2 Å². The predicted molar refractivity (Wildman–Crippen MR) is 168 cm³/mol. The smallest absolute Gasteiger partial charge is 0.247 e. The molecular formula is C31H39N9O5. The highest BCUT2D eigenvalue weighted by molar-refractivity contribution is 5.91. The number of methoxy groups -OCH3 is 1. The molecule has 14 nitrogen and oxygen atoms in total. The van der Waals surface area contributed by atoms with E-state index in [1.54, 1.807) is 30.2 Å². The number of nitrogens with two attached hydrogens (primary N) is 1. The van der Waals surface area contributed by atoms with Crippen molar-refractivity contribution in [1.29, 1.82) is 0 Å². The fourth-order valence-corrected chi connectivity index (χ4v) is 5.47. The maximum atomic E-state index is 14.0. The first-order valence-corrected chi connectivity index (χ1v) is 15.2. The van der Waals surface area contributed by atoms with Crippen LogP contribution in [0.25, 0.3) is 28.3 Å². The Bertz CT molecular complexity index is 1710. The lowest BCUT2D eigenvalue weighted by molar-refractivity contribution is -0.135. The maximum Gasteiger partial charge on any atom is 0.247 e. The molecule has 2 N–H and O–H groups in total. The molecule has 4 aromatic heterocycles. The topological polar surface area (TPSA) is 151 Å². The molecule has 1 unspecified atom stereocenters. The van der Waals surface area contributed by atoms with E-state index in [2.05, 4.69) is 45.9 Å². The van der Waals surface area contributed by atoms with Crippen LogP contribution in [0.5, 0.6) is 5.75 Å². The van der Waals surface area contributed by atoms with Gasteiger partial charge in [-0.15, -0.1) is 5.10 Å². The fraction of sp³-hybridized carbons (Fsp3) is 0.452. The number of carbonyl (C=O) groups is 1. The van der Waals surface area contributed by atoms with Crippen LogP contribution in [0.4, 0.5) is 11.6 Å². The Balaban J connectivity index is 1.13. The summed E-state index contributed by atoms with van der Waals surface area (Å²) in [5, 5.41) is 9.84. The number of ether oxygens (including phenoxy) is 3. The van der Waals surface area contributed by atoms with E-state index in [0.29, 0.717) is 74.2 Å². The molecule has 0 bridgehead atoms. The number of hydrogen-bond acceptors (Lipinski definition) is 11. The number of nitrogens with zero attached hydrogens (tertiary/aromatic N) is 8. The molecule has 1 amide bonds. The molecule has 14 heteroatoms. The number of hydrogen-bond donors (Lipinski definition) is 1. The van der Waals surface area contributed by atoms with Crippen LogP contribution in [0.1, 0.15) is 26.3 Å². The van der Waals surface area contributed by atoms with Crippen molar-refractivity contribution < 1.29 is 23.4 Å². The molecule has 0 radical (unpaired) electrons. The van der Waals surface area contributed by atoms with Crippen molar-refractivity contribution in [2.24, 2.45) is 5.92 Å². The summed E-state index contributed by atoms with van der Waals surface area (Å²) >= 11 is 0. The standard InChI is InChI=1S/C31H39N9O5/c1-21(2)19-25(39-20-24-27(35-39)34-31(32)40-29(24)33-28(36-40)26-5-4-14-45-26)30(41)38-12-10-37(11-13-38)22-6-8-23(9-7-22)44-18-17-43-16-15-42-3/h4-9,14,20-21,25H,10-13,15-19H2,1-3H3,(H2,32,34,35). The van der Waals surface area contributed by atoms with E-state index in [9.17, 15) is 4.79 Å². The largest absolute Gasteiger partial charge is 0.491 e. The second kappa shape index (κ2) is 13.5. The summed E-state index contributed by atoms with van der Waals surface area (Å²) < 4.78 is 24.9. The van der Waals surface area contributed by atoms with E-state index < -0.39 is 6.04 Å². The van der Waals surface area contributed by atoms with Crippen molar-refractivity contribution in [3.05, 3.63) is 48.9 Å². The van der Waals surface area contributed by atoms with Gasteiger partial charge < -0.3 is 34.2 Å². The van der Waals surface area contributed by atoms with E-state index in [1.165, 1.54) is 4.52 Å². The lowest BCUT2D eigenvalue weighted by atomic mass is 10.0. The third kappa shape index (κ3) is 6.71. The first-order valence-electron chi connectivity index (χ1n) is 15.2. The summed E-state index contributed by atoms with van der Waals surface area (Å²) in [6, 6.07) is 11.1. The lowest BCUT2D eigenvalue weighted by Crippen LogP contribution is -2.50. The Kier molecular flexibility index (Phi) is 9.12. The van der Waals surface area contributed by atoms with E-state index in [0.717, 1.165) is 24.5 Å². The van der Waals surface area contributed by atoms with Crippen LogP contribution in [-0.2, 0) is 14.3 Å². The molecule has 45 heavy (non-hydrogen) atoms. The lowest BCUT2D eigenvalue weighted by Gasteiger charge is -2.37. The van der Waals surface area contributed by atoms with Gasteiger partial charge in [0.15, 0.2) is 17.1 Å². The van der Waals surface area contributed by atoms with E-state index in [1.807, 2.05) is 23.2 Å². The number of piperazine rings is 1. The van der Waals surface area contributed by atoms with Crippen LogP contribution in [0.3, 0.4) is 0 Å². The Morgan fingerprint density at radius 2 is 1.78 bits per heavy atom. The van der Waals surface area contributed by atoms with Crippen LogP contribution >= 0.6 is 0 Å². The Morgan fingerprint density at radius 1 is 1.00 bits per heavy atom. The van der Waals surface area contributed by atoms with Crippen LogP contribution < -0.4 is 15.4 Å². The first kappa shape index (κ1) is 30.3. The minimum Gasteiger partial charge on any atom is -0.491 e. The number of aromatic nitrogens is 6.